The summed E-state index contributed by atoms with van der Waals surface area (Å²) in [4.78, 5) is 11.2. The highest BCUT2D eigenvalue weighted by atomic mass is 15.0. The van der Waals surface area contributed by atoms with Gasteiger partial charge in [0, 0.05) is 60.4 Å². The molecule has 0 fully saturated rings. The van der Waals surface area contributed by atoms with Crippen LogP contribution in [0.3, 0.4) is 0 Å². The summed E-state index contributed by atoms with van der Waals surface area (Å²) in [6, 6.07) is 75.8. The first-order chi connectivity index (χ1) is 33.2. The number of fused-ring (bicyclic) bond motifs is 12. The fraction of sp³-hybridized carbons (Fsp3) is 0.0938. The second-order valence-electron chi connectivity index (χ2n) is 19.8. The summed E-state index contributed by atoms with van der Waals surface area (Å²) >= 11 is 0. The minimum atomic E-state index is -0.170. The van der Waals surface area contributed by atoms with E-state index in [1.165, 1.54) is 66.1 Å². The van der Waals surface area contributed by atoms with Gasteiger partial charge in [-0.2, -0.15) is 0 Å². The van der Waals surface area contributed by atoms with Crippen molar-refractivity contribution in [3.8, 4) is 67.5 Å². The lowest BCUT2D eigenvalue weighted by molar-refractivity contribution is 0.660. The van der Waals surface area contributed by atoms with Gasteiger partial charge in [0.05, 0.1) is 33.5 Å². The maximum absolute atomic E-state index is 5.62. The Morgan fingerprint density at radius 3 is 1.15 bits per heavy atom. The molecule has 3 aromatic heterocycles. The van der Waals surface area contributed by atoms with Gasteiger partial charge in [0.2, 0.25) is 0 Å². The van der Waals surface area contributed by atoms with Crippen LogP contribution in [0.15, 0.2) is 206 Å². The van der Waals surface area contributed by atoms with Gasteiger partial charge in [0.1, 0.15) is 0 Å². The molecule has 0 amide bonds. The predicted molar refractivity (Wildman–Crippen MR) is 282 cm³/mol. The van der Waals surface area contributed by atoms with Crippen LogP contribution in [0.4, 0.5) is 0 Å². The zero-order valence-corrected chi connectivity index (χ0v) is 38.4. The van der Waals surface area contributed by atoms with Gasteiger partial charge in [-0.25, -0.2) is 9.97 Å². The SMILES string of the molecule is CC1(C)c2ccccc2-c2ccc(-c3cc(-c4cc(-n5c6ccccc6c6ccccc65)cc(-n5c6ccccc6c6ccccc65)c4)nc(-c4ccc5c(c4)C(C)(C)c4ccccc4-5)n3)cc21. The van der Waals surface area contributed by atoms with Crippen LogP contribution in [-0.2, 0) is 10.8 Å². The lowest BCUT2D eigenvalue weighted by Crippen LogP contribution is -2.15. The summed E-state index contributed by atoms with van der Waals surface area (Å²) in [5.41, 5.74) is 21.8. The van der Waals surface area contributed by atoms with E-state index in [2.05, 4.69) is 243 Å². The smallest absolute Gasteiger partial charge is 0.160 e. The molecule has 0 saturated heterocycles. The van der Waals surface area contributed by atoms with Crippen LogP contribution < -0.4 is 0 Å². The number of para-hydroxylation sites is 4. The molecule has 0 radical (unpaired) electrons. The lowest BCUT2D eigenvalue weighted by Gasteiger charge is -2.22. The molecule has 68 heavy (non-hydrogen) atoms. The van der Waals surface area contributed by atoms with E-state index in [1.807, 2.05) is 0 Å². The quantitative estimate of drug-likeness (QED) is 0.173. The Morgan fingerprint density at radius 2 is 0.676 bits per heavy atom. The van der Waals surface area contributed by atoms with Gasteiger partial charge < -0.3 is 9.13 Å². The molecule has 2 aliphatic rings. The first-order valence-electron chi connectivity index (χ1n) is 23.7. The lowest BCUT2D eigenvalue weighted by atomic mass is 9.82. The zero-order valence-electron chi connectivity index (χ0n) is 38.4. The first kappa shape index (κ1) is 38.9. The van der Waals surface area contributed by atoms with Crippen molar-refractivity contribution in [1.82, 2.24) is 19.1 Å². The molecule has 0 N–H and O–H groups in total. The van der Waals surface area contributed by atoms with Gasteiger partial charge in [-0.3, -0.25) is 0 Å². The van der Waals surface area contributed by atoms with Crippen molar-refractivity contribution < 1.29 is 0 Å². The molecule has 3 heterocycles. The van der Waals surface area contributed by atoms with E-state index in [9.17, 15) is 0 Å². The molecule has 4 heteroatoms. The fourth-order valence-electron chi connectivity index (χ4n) is 12.0. The molecule has 322 valence electrons. The molecule has 0 unspecified atom stereocenters. The third-order valence-corrected chi connectivity index (χ3v) is 15.3. The van der Waals surface area contributed by atoms with Crippen LogP contribution in [-0.4, -0.2) is 19.1 Å². The number of hydrogen-bond donors (Lipinski definition) is 0. The Labute approximate surface area is 395 Å². The molecule has 2 aliphatic carbocycles. The average Bonchev–Trinajstić information content (AvgIpc) is 4.05. The minimum Gasteiger partial charge on any atom is -0.309 e. The highest BCUT2D eigenvalue weighted by molar-refractivity contribution is 6.11. The second-order valence-corrected chi connectivity index (χ2v) is 19.8. The van der Waals surface area contributed by atoms with Gasteiger partial charge in [-0.05, 0) is 105 Å². The van der Waals surface area contributed by atoms with E-state index in [0.717, 1.165) is 61.5 Å². The van der Waals surface area contributed by atoms with E-state index >= 15 is 0 Å². The van der Waals surface area contributed by atoms with Crippen LogP contribution in [0.25, 0.3) is 111 Å². The number of rotatable bonds is 5. The highest BCUT2D eigenvalue weighted by Crippen LogP contribution is 2.51. The van der Waals surface area contributed by atoms with Crippen molar-refractivity contribution in [2.24, 2.45) is 0 Å². The maximum atomic E-state index is 5.62. The van der Waals surface area contributed by atoms with Gasteiger partial charge in [-0.1, -0.05) is 173 Å². The molecular formula is C64H46N4. The average molecular weight is 871 g/mol. The van der Waals surface area contributed by atoms with Crippen molar-refractivity contribution >= 4 is 43.6 Å². The largest absolute Gasteiger partial charge is 0.309 e. The molecule has 14 rings (SSSR count). The highest BCUT2D eigenvalue weighted by Gasteiger charge is 2.37. The number of aromatic nitrogens is 4. The van der Waals surface area contributed by atoms with Crippen molar-refractivity contribution in [1.29, 1.82) is 0 Å². The first-order valence-corrected chi connectivity index (χ1v) is 23.7. The standard InChI is InChI=1S/C64H46N4/c1-63(2)52-23-11-5-17-44(52)46-31-29-39(35-54(46)63)56-38-57(66-62(65-56)40-30-32-47-45-18-6-12-24-53(45)64(3,4)55(47)36-40)41-33-42(67-58-25-13-7-19-48(58)49-20-8-14-26-59(49)67)37-43(34-41)68-60-27-15-9-21-50(60)51-22-10-16-28-61(51)68/h5-38H,1-4H3. The summed E-state index contributed by atoms with van der Waals surface area (Å²) in [6.45, 7) is 9.37. The van der Waals surface area contributed by atoms with Crippen molar-refractivity contribution in [2.45, 2.75) is 38.5 Å². The summed E-state index contributed by atoms with van der Waals surface area (Å²) in [6.07, 6.45) is 0. The Bertz CT molecular complexity index is 3740. The molecule has 4 nitrogen and oxygen atoms in total. The monoisotopic (exact) mass is 870 g/mol. The molecule has 0 spiro atoms. The zero-order chi connectivity index (χ0) is 45.5. The van der Waals surface area contributed by atoms with E-state index in [4.69, 9.17) is 9.97 Å². The second kappa shape index (κ2) is 14.1. The minimum absolute atomic E-state index is 0.158. The predicted octanol–water partition coefficient (Wildman–Crippen LogP) is 16.3. The van der Waals surface area contributed by atoms with Gasteiger partial charge in [-0.15, -0.1) is 0 Å². The van der Waals surface area contributed by atoms with E-state index in [-0.39, 0.29) is 10.8 Å². The Kier molecular flexibility index (Phi) is 8.06. The van der Waals surface area contributed by atoms with Crippen molar-refractivity contribution in [3.05, 3.63) is 229 Å². The number of benzene rings is 9. The molecule has 0 aliphatic heterocycles. The summed E-state index contributed by atoms with van der Waals surface area (Å²) < 4.78 is 4.85. The topological polar surface area (TPSA) is 35.6 Å². The van der Waals surface area contributed by atoms with Gasteiger partial charge in [0.25, 0.3) is 0 Å². The number of nitrogens with zero attached hydrogens (tertiary/aromatic N) is 4. The van der Waals surface area contributed by atoms with Crippen LogP contribution in [0.2, 0.25) is 0 Å². The number of hydrogen-bond acceptors (Lipinski definition) is 2. The third kappa shape index (κ3) is 5.49. The molecule has 0 bridgehead atoms. The van der Waals surface area contributed by atoms with Gasteiger partial charge >= 0.3 is 0 Å². The van der Waals surface area contributed by atoms with E-state index < -0.39 is 0 Å². The maximum Gasteiger partial charge on any atom is 0.160 e. The molecule has 0 atom stereocenters. The van der Waals surface area contributed by atoms with Crippen LogP contribution in [0.5, 0.6) is 0 Å². The normalized spacial score (nSPS) is 14.1. The van der Waals surface area contributed by atoms with E-state index in [1.54, 1.807) is 0 Å². The molecule has 0 saturated carbocycles. The molecular weight excluding hydrogens is 825 g/mol. The van der Waals surface area contributed by atoms with Gasteiger partial charge in [0.15, 0.2) is 5.82 Å². The van der Waals surface area contributed by atoms with Crippen molar-refractivity contribution in [2.75, 3.05) is 0 Å². The molecule has 12 aromatic rings. The van der Waals surface area contributed by atoms with Crippen LogP contribution >= 0.6 is 0 Å². The Morgan fingerprint density at radius 1 is 0.309 bits per heavy atom. The fourth-order valence-corrected chi connectivity index (χ4v) is 12.0. The summed E-state index contributed by atoms with van der Waals surface area (Å²) in [5, 5.41) is 4.90. The molecule has 9 aromatic carbocycles. The van der Waals surface area contributed by atoms with Crippen LogP contribution in [0.1, 0.15) is 49.9 Å². The Balaban J connectivity index is 1.05. The van der Waals surface area contributed by atoms with E-state index in [0.29, 0.717) is 5.82 Å². The van der Waals surface area contributed by atoms with Crippen LogP contribution in [0, 0.1) is 0 Å². The third-order valence-electron chi connectivity index (χ3n) is 15.3. The summed E-state index contributed by atoms with van der Waals surface area (Å²) in [7, 11) is 0. The van der Waals surface area contributed by atoms with Crippen molar-refractivity contribution in [3.63, 3.8) is 0 Å². The Hall–Kier alpha value is -8.34. The summed E-state index contributed by atoms with van der Waals surface area (Å²) in [5.74, 6) is 0.704.